The minimum absolute atomic E-state index is 0.0750. The van der Waals surface area contributed by atoms with E-state index >= 15 is 0 Å². The zero-order valence-corrected chi connectivity index (χ0v) is 11.9. The predicted molar refractivity (Wildman–Crippen MR) is 76.5 cm³/mol. The molecule has 21 heavy (non-hydrogen) atoms. The van der Waals surface area contributed by atoms with Crippen LogP contribution in [0.15, 0.2) is 42.5 Å². The Hall–Kier alpha value is -2.41. The lowest BCUT2D eigenvalue weighted by molar-refractivity contribution is -0.0470. The van der Waals surface area contributed by atoms with Gasteiger partial charge in [-0.05, 0) is 37.1 Å². The molecule has 0 bridgehead atoms. The van der Waals surface area contributed by atoms with E-state index in [-0.39, 0.29) is 5.56 Å². The molecule has 2 nitrogen and oxygen atoms in total. The maximum atomic E-state index is 14.1. The van der Waals surface area contributed by atoms with Crippen molar-refractivity contribution in [2.45, 2.75) is 19.8 Å². The fourth-order valence-electron chi connectivity index (χ4n) is 2.17. The molecule has 0 N–H and O–H groups in total. The number of benzene rings is 2. The molecule has 0 aliphatic carbocycles. The van der Waals surface area contributed by atoms with Crippen LogP contribution >= 0.6 is 0 Å². The molecule has 0 aromatic heterocycles. The van der Waals surface area contributed by atoms with Crippen LogP contribution < -0.4 is 4.74 Å². The van der Waals surface area contributed by atoms with Crippen molar-refractivity contribution < 1.29 is 13.5 Å². The van der Waals surface area contributed by atoms with Gasteiger partial charge in [-0.1, -0.05) is 30.3 Å². The Morgan fingerprint density at radius 1 is 1.10 bits per heavy atom. The van der Waals surface area contributed by atoms with Gasteiger partial charge in [0.05, 0.1) is 11.6 Å². The number of rotatable bonds is 4. The Kier molecular flexibility index (Phi) is 4.23. The molecule has 0 atom stereocenters. The first-order valence-electron chi connectivity index (χ1n) is 6.51. The third-order valence-corrected chi connectivity index (χ3v) is 3.18. The monoisotopic (exact) mass is 287 g/mol. The van der Waals surface area contributed by atoms with Crippen LogP contribution in [-0.4, -0.2) is 6.61 Å². The smallest absolute Gasteiger partial charge is 0.306 e. The molecular weight excluding hydrogens is 272 g/mol. The second-order valence-corrected chi connectivity index (χ2v) is 4.91. The van der Waals surface area contributed by atoms with E-state index in [0.29, 0.717) is 22.4 Å². The molecule has 4 heteroatoms. The van der Waals surface area contributed by atoms with Gasteiger partial charge < -0.3 is 4.74 Å². The first kappa shape index (κ1) is 15.0. The second-order valence-electron chi connectivity index (χ2n) is 4.91. The van der Waals surface area contributed by atoms with Gasteiger partial charge in [-0.2, -0.15) is 14.0 Å². The molecule has 0 spiro atoms. The number of nitriles is 1. The van der Waals surface area contributed by atoms with E-state index in [2.05, 4.69) is 0 Å². The number of hydrogen-bond donors (Lipinski definition) is 0. The summed E-state index contributed by atoms with van der Waals surface area (Å²) in [5.74, 6) is -2.65. The van der Waals surface area contributed by atoms with Crippen molar-refractivity contribution in [3.8, 4) is 11.8 Å². The maximum Gasteiger partial charge on any atom is 0.306 e. The SMILES string of the molecule is Cc1cc(C#N)cc(C)c1OCC(F)(F)c1ccccc1. The number of hydrogen-bond acceptors (Lipinski definition) is 2. The summed E-state index contributed by atoms with van der Waals surface area (Å²) in [5, 5.41) is 8.87. The molecule has 0 saturated carbocycles. The van der Waals surface area contributed by atoms with Crippen LogP contribution in [0.3, 0.4) is 0 Å². The summed E-state index contributed by atoms with van der Waals surface area (Å²) >= 11 is 0. The van der Waals surface area contributed by atoms with Gasteiger partial charge >= 0.3 is 5.92 Å². The minimum Gasteiger partial charge on any atom is -0.486 e. The van der Waals surface area contributed by atoms with Gasteiger partial charge in [0.1, 0.15) is 5.75 Å². The van der Waals surface area contributed by atoms with E-state index in [1.54, 1.807) is 44.2 Å². The molecular formula is C17H15F2NO. The molecule has 0 amide bonds. The lowest BCUT2D eigenvalue weighted by Gasteiger charge is -2.19. The standard InChI is InChI=1S/C17H15F2NO/c1-12-8-14(10-20)9-13(2)16(12)21-11-17(18,19)15-6-4-3-5-7-15/h3-9H,11H2,1-2H3. The molecule has 0 radical (unpaired) electrons. The van der Waals surface area contributed by atoms with E-state index < -0.39 is 12.5 Å². The third-order valence-electron chi connectivity index (χ3n) is 3.18. The van der Waals surface area contributed by atoms with Crippen molar-refractivity contribution in [1.82, 2.24) is 0 Å². The summed E-state index contributed by atoms with van der Waals surface area (Å²) in [6.07, 6.45) is 0. The van der Waals surface area contributed by atoms with E-state index in [1.165, 1.54) is 12.1 Å². The van der Waals surface area contributed by atoms with Gasteiger partial charge in [0.25, 0.3) is 0 Å². The maximum absolute atomic E-state index is 14.1. The molecule has 108 valence electrons. The Morgan fingerprint density at radius 3 is 2.19 bits per heavy atom. The zero-order valence-electron chi connectivity index (χ0n) is 11.9. The van der Waals surface area contributed by atoms with Crippen LogP contribution in [-0.2, 0) is 5.92 Å². The summed E-state index contributed by atoms with van der Waals surface area (Å²) in [5.41, 5.74) is 1.77. The van der Waals surface area contributed by atoms with Crippen LogP contribution in [0.1, 0.15) is 22.3 Å². The average molecular weight is 287 g/mol. The van der Waals surface area contributed by atoms with E-state index in [0.717, 1.165) is 0 Å². The number of nitrogens with zero attached hydrogens (tertiary/aromatic N) is 1. The number of ether oxygens (including phenoxy) is 1. The molecule has 0 heterocycles. The van der Waals surface area contributed by atoms with Crippen LogP contribution in [0, 0.1) is 25.2 Å². The molecule has 2 aromatic rings. The largest absolute Gasteiger partial charge is 0.486 e. The third kappa shape index (κ3) is 3.38. The predicted octanol–water partition coefficient (Wildman–Crippen LogP) is 4.35. The lowest BCUT2D eigenvalue weighted by Crippen LogP contribution is -2.23. The molecule has 0 saturated heterocycles. The van der Waals surface area contributed by atoms with Gasteiger partial charge in [-0.15, -0.1) is 0 Å². The molecule has 0 aliphatic heterocycles. The molecule has 2 rings (SSSR count). The highest BCUT2D eigenvalue weighted by molar-refractivity contribution is 5.47. The number of alkyl halides is 2. The Balaban J connectivity index is 2.19. The van der Waals surface area contributed by atoms with Gasteiger partial charge in [0.2, 0.25) is 0 Å². The van der Waals surface area contributed by atoms with E-state index in [9.17, 15) is 8.78 Å². The van der Waals surface area contributed by atoms with Crippen LogP contribution in [0.2, 0.25) is 0 Å². The van der Waals surface area contributed by atoms with Gasteiger partial charge in [-0.25, -0.2) is 0 Å². The van der Waals surface area contributed by atoms with Crippen LogP contribution in [0.5, 0.6) is 5.75 Å². The summed E-state index contributed by atoms with van der Waals surface area (Å²) in [6, 6.07) is 12.9. The first-order chi connectivity index (χ1) is 9.94. The molecule has 0 aliphatic rings. The van der Waals surface area contributed by atoms with Crippen LogP contribution in [0.25, 0.3) is 0 Å². The highest BCUT2D eigenvalue weighted by atomic mass is 19.3. The minimum atomic E-state index is -3.06. The van der Waals surface area contributed by atoms with Gasteiger partial charge in [0, 0.05) is 5.56 Å². The van der Waals surface area contributed by atoms with Crippen molar-refractivity contribution >= 4 is 0 Å². The first-order valence-corrected chi connectivity index (χ1v) is 6.51. The Morgan fingerprint density at radius 2 is 1.67 bits per heavy atom. The Bertz CT molecular complexity index is 652. The number of halogens is 2. The Labute approximate surface area is 122 Å². The fourth-order valence-corrected chi connectivity index (χ4v) is 2.17. The van der Waals surface area contributed by atoms with Crippen molar-refractivity contribution in [3.05, 3.63) is 64.7 Å². The van der Waals surface area contributed by atoms with Crippen LogP contribution in [0.4, 0.5) is 8.78 Å². The van der Waals surface area contributed by atoms with Crippen molar-refractivity contribution in [1.29, 1.82) is 5.26 Å². The molecule has 2 aromatic carbocycles. The molecule has 0 unspecified atom stereocenters. The van der Waals surface area contributed by atoms with Crippen molar-refractivity contribution in [3.63, 3.8) is 0 Å². The summed E-state index contributed by atoms with van der Waals surface area (Å²) in [7, 11) is 0. The molecule has 0 fully saturated rings. The summed E-state index contributed by atoms with van der Waals surface area (Å²) < 4.78 is 33.5. The number of aryl methyl sites for hydroxylation is 2. The van der Waals surface area contributed by atoms with E-state index in [1.807, 2.05) is 6.07 Å². The highest BCUT2D eigenvalue weighted by Gasteiger charge is 2.32. The van der Waals surface area contributed by atoms with Crippen molar-refractivity contribution in [2.24, 2.45) is 0 Å². The highest BCUT2D eigenvalue weighted by Crippen LogP contribution is 2.31. The van der Waals surface area contributed by atoms with Gasteiger partial charge in [0.15, 0.2) is 6.61 Å². The van der Waals surface area contributed by atoms with Gasteiger partial charge in [-0.3, -0.25) is 0 Å². The van der Waals surface area contributed by atoms with E-state index in [4.69, 9.17) is 10.00 Å². The lowest BCUT2D eigenvalue weighted by atomic mass is 10.1. The quantitative estimate of drug-likeness (QED) is 0.837. The normalized spacial score (nSPS) is 11.0. The fraction of sp³-hybridized carbons (Fsp3) is 0.235. The summed E-state index contributed by atoms with van der Waals surface area (Å²) in [4.78, 5) is 0. The summed E-state index contributed by atoms with van der Waals surface area (Å²) in [6.45, 7) is 2.75. The van der Waals surface area contributed by atoms with Crippen molar-refractivity contribution in [2.75, 3.05) is 6.61 Å². The topological polar surface area (TPSA) is 33.0 Å². The average Bonchev–Trinajstić information content (AvgIpc) is 2.47. The second kappa shape index (κ2) is 5.92. The zero-order chi connectivity index (χ0) is 15.5.